The SMILES string of the molecule is COc1cc(C)c(Br)cc1C(=O)C1CCCCN1. The third-order valence-electron chi connectivity index (χ3n) is 3.37. The zero-order chi connectivity index (χ0) is 13.1. The van der Waals surface area contributed by atoms with Gasteiger partial charge in [-0.15, -0.1) is 0 Å². The first-order valence-electron chi connectivity index (χ1n) is 6.25. The van der Waals surface area contributed by atoms with Gasteiger partial charge in [0.2, 0.25) is 0 Å². The van der Waals surface area contributed by atoms with E-state index in [1.807, 2.05) is 19.1 Å². The number of Topliss-reactive ketones (excluding diaryl/α,β-unsaturated/α-hetero) is 1. The van der Waals surface area contributed by atoms with Crippen LogP contribution in [0.2, 0.25) is 0 Å². The van der Waals surface area contributed by atoms with Crippen LogP contribution >= 0.6 is 15.9 Å². The zero-order valence-electron chi connectivity index (χ0n) is 10.8. The van der Waals surface area contributed by atoms with Gasteiger partial charge in [0.25, 0.3) is 0 Å². The van der Waals surface area contributed by atoms with E-state index in [4.69, 9.17) is 4.74 Å². The maximum absolute atomic E-state index is 12.5. The van der Waals surface area contributed by atoms with Crippen molar-refractivity contribution in [3.05, 3.63) is 27.7 Å². The monoisotopic (exact) mass is 311 g/mol. The van der Waals surface area contributed by atoms with E-state index in [1.54, 1.807) is 7.11 Å². The van der Waals surface area contributed by atoms with Gasteiger partial charge in [-0.25, -0.2) is 0 Å². The standard InChI is InChI=1S/C14H18BrNO2/c1-9-7-13(18-2)10(8-11(9)15)14(17)12-5-3-4-6-16-12/h7-8,12,16H,3-6H2,1-2H3. The summed E-state index contributed by atoms with van der Waals surface area (Å²) >= 11 is 3.47. The number of carbonyl (C=O) groups is 1. The van der Waals surface area contributed by atoms with E-state index in [2.05, 4.69) is 21.2 Å². The van der Waals surface area contributed by atoms with Gasteiger partial charge in [-0.05, 0) is 44.0 Å². The summed E-state index contributed by atoms with van der Waals surface area (Å²) in [7, 11) is 1.60. The van der Waals surface area contributed by atoms with E-state index >= 15 is 0 Å². The predicted molar refractivity (Wildman–Crippen MR) is 75.4 cm³/mol. The number of halogens is 1. The number of nitrogens with one attached hydrogen (secondary N) is 1. The quantitative estimate of drug-likeness (QED) is 0.872. The molecular formula is C14H18BrNO2. The summed E-state index contributed by atoms with van der Waals surface area (Å²) in [6.45, 7) is 2.91. The molecule has 4 heteroatoms. The average molecular weight is 312 g/mol. The normalized spacial score (nSPS) is 19.6. The number of carbonyl (C=O) groups excluding carboxylic acids is 1. The summed E-state index contributed by atoms with van der Waals surface area (Å²) in [5.74, 6) is 0.792. The van der Waals surface area contributed by atoms with E-state index in [0.29, 0.717) is 11.3 Å². The van der Waals surface area contributed by atoms with Crippen LogP contribution in [0.1, 0.15) is 35.2 Å². The first-order valence-corrected chi connectivity index (χ1v) is 7.04. The van der Waals surface area contributed by atoms with Crippen molar-refractivity contribution >= 4 is 21.7 Å². The molecule has 1 aromatic rings. The maximum atomic E-state index is 12.5. The van der Waals surface area contributed by atoms with Crippen molar-refractivity contribution in [2.24, 2.45) is 0 Å². The summed E-state index contributed by atoms with van der Waals surface area (Å²) < 4.78 is 6.27. The number of ketones is 1. The molecule has 2 rings (SSSR count). The van der Waals surface area contributed by atoms with E-state index in [0.717, 1.165) is 35.8 Å². The summed E-state index contributed by atoms with van der Waals surface area (Å²) in [5, 5.41) is 3.28. The van der Waals surface area contributed by atoms with Crippen LogP contribution in [-0.4, -0.2) is 25.5 Å². The van der Waals surface area contributed by atoms with Gasteiger partial charge >= 0.3 is 0 Å². The van der Waals surface area contributed by atoms with Crippen LogP contribution in [-0.2, 0) is 0 Å². The Balaban J connectivity index is 2.31. The molecule has 0 aliphatic carbocycles. The fourth-order valence-corrected chi connectivity index (χ4v) is 2.62. The van der Waals surface area contributed by atoms with Crippen molar-refractivity contribution in [3.8, 4) is 5.75 Å². The molecule has 3 nitrogen and oxygen atoms in total. The van der Waals surface area contributed by atoms with Gasteiger partial charge in [0.15, 0.2) is 5.78 Å². The first kappa shape index (κ1) is 13.6. The molecule has 1 saturated heterocycles. The fraction of sp³-hybridized carbons (Fsp3) is 0.500. The van der Waals surface area contributed by atoms with Crippen LogP contribution in [0.25, 0.3) is 0 Å². The van der Waals surface area contributed by atoms with Gasteiger partial charge < -0.3 is 10.1 Å². The molecular weight excluding hydrogens is 294 g/mol. The lowest BCUT2D eigenvalue weighted by atomic mass is 9.95. The second kappa shape index (κ2) is 5.85. The van der Waals surface area contributed by atoms with Gasteiger partial charge in [-0.2, -0.15) is 0 Å². The lowest BCUT2D eigenvalue weighted by molar-refractivity contribution is 0.0924. The van der Waals surface area contributed by atoms with Crippen LogP contribution in [0.3, 0.4) is 0 Å². The molecule has 1 N–H and O–H groups in total. The molecule has 0 aromatic heterocycles. The molecule has 1 atom stereocenters. The molecule has 0 spiro atoms. The Morgan fingerprint density at radius 2 is 2.22 bits per heavy atom. The number of benzene rings is 1. The number of methoxy groups -OCH3 is 1. The molecule has 1 fully saturated rings. The van der Waals surface area contributed by atoms with Gasteiger partial charge in [0.05, 0.1) is 18.7 Å². The fourth-order valence-electron chi connectivity index (χ4n) is 2.28. The van der Waals surface area contributed by atoms with Crippen molar-refractivity contribution in [2.75, 3.05) is 13.7 Å². The highest BCUT2D eigenvalue weighted by molar-refractivity contribution is 9.10. The summed E-state index contributed by atoms with van der Waals surface area (Å²) in [6, 6.07) is 3.70. The van der Waals surface area contributed by atoms with Gasteiger partial charge in [-0.3, -0.25) is 4.79 Å². The van der Waals surface area contributed by atoms with Crippen LogP contribution in [0.4, 0.5) is 0 Å². The largest absolute Gasteiger partial charge is 0.496 e. The second-order valence-corrected chi connectivity index (χ2v) is 5.52. The smallest absolute Gasteiger partial charge is 0.183 e. The first-order chi connectivity index (χ1) is 8.63. The minimum atomic E-state index is -0.0674. The van der Waals surface area contributed by atoms with Crippen LogP contribution in [0.15, 0.2) is 16.6 Å². The van der Waals surface area contributed by atoms with Crippen LogP contribution in [0, 0.1) is 6.92 Å². The van der Waals surface area contributed by atoms with Crippen LogP contribution < -0.4 is 10.1 Å². The van der Waals surface area contributed by atoms with E-state index < -0.39 is 0 Å². The highest BCUT2D eigenvalue weighted by Gasteiger charge is 2.24. The number of piperidine rings is 1. The van der Waals surface area contributed by atoms with Crippen molar-refractivity contribution in [1.82, 2.24) is 5.32 Å². The number of hydrogen-bond donors (Lipinski definition) is 1. The van der Waals surface area contributed by atoms with E-state index in [1.165, 1.54) is 0 Å². The van der Waals surface area contributed by atoms with Crippen LogP contribution in [0.5, 0.6) is 5.75 Å². The molecule has 0 saturated carbocycles. The molecule has 1 aromatic carbocycles. The molecule has 98 valence electrons. The molecule has 0 radical (unpaired) electrons. The second-order valence-electron chi connectivity index (χ2n) is 4.67. The topological polar surface area (TPSA) is 38.3 Å². The maximum Gasteiger partial charge on any atom is 0.183 e. The van der Waals surface area contributed by atoms with Crippen molar-refractivity contribution in [2.45, 2.75) is 32.2 Å². The Labute approximate surface area is 116 Å². The van der Waals surface area contributed by atoms with Crippen molar-refractivity contribution in [1.29, 1.82) is 0 Å². The third-order valence-corrected chi connectivity index (χ3v) is 4.23. The summed E-state index contributed by atoms with van der Waals surface area (Å²) in [5.41, 5.74) is 1.73. The Bertz CT molecular complexity index is 453. The van der Waals surface area contributed by atoms with Crippen molar-refractivity contribution in [3.63, 3.8) is 0 Å². The molecule has 0 amide bonds. The number of aryl methyl sites for hydroxylation is 1. The van der Waals surface area contributed by atoms with E-state index in [9.17, 15) is 4.79 Å². The predicted octanol–water partition coefficient (Wildman–Crippen LogP) is 3.09. The van der Waals surface area contributed by atoms with Gasteiger partial charge in [-0.1, -0.05) is 22.4 Å². The Kier molecular flexibility index (Phi) is 4.40. The minimum absolute atomic E-state index is 0.0674. The Morgan fingerprint density at radius 1 is 1.44 bits per heavy atom. The molecule has 1 unspecified atom stereocenters. The molecule has 1 heterocycles. The van der Waals surface area contributed by atoms with Gasteiger partial charge in [0, 0.05) is 4.47 Å². The average Bonchev–Trinajstić information content (AvgIpc) is 2.41. The minimum Gasteiger partial charge on any atom is -0.496 e. The molecule has 1 aliphatic heterocycles. The lowest BCUT2D eigenvalue weighted by Gasteiger charge is -2.23. The highest BCUT2D eigenvalue weighted by Crippen LogP contribution is 2.28. The number of hydrogen-bond acceptors (Lipinski definition) is 3. The Morgan fingerprint density at radius 3 is 2.83 bits per heavy atom. The Hall–Kier alpha value is -0.870. The highest BCUT2D eigenvalue weighted by atomic mass is 79.9. The lowest BCUT2D eigenvalue weighted by Crippen LogP contribution is -2.40. The van der Waals surface area contributed by atoms with Gasteiger partial charge in [0.1, 0.15) is 5.75 Å². The zero-order valence-corrected chi connectivity index (χ0v) is 12.3. The van der Waals surface area contributed by atoms with E-state index in [-0.39, 0.29) is 11.8 Å². The number of ether oxygens (including phenoxy) is 1. The third kappa shape index (κ3) is 2.75. The molecule has 18 heavy (non-hydrogen) atoms. The molecule has 0 bridgehead atoms. The van der Waals surface area contributed by atoms with Crippen molar-refractivity contribution < 1.29 is 9.53 Å². The number of rotatable bonds is 3. The molecule has 1 aliphatic rings. The summed E-state index contributed by atoms with van der Waals surface area (Å²) in [6.07, 6.45) is 3.17. The summed E-state index contributed by atoms with van der Waals surface area (Å²) in [4.78, 5) is 12.5.